The van der Waals surface area contributed by atoms with E-state index in [4.69, 9.17) is 0 Å². The fourth-order valence-corrected chi connectivity index (χ4v) is 3.94. The minimum atomic E-state index is -3.78. The van der Waals surface area contributed by atoms with Gasteiger partial charge in [0.05, 0.1) is 4.90 Å². The molecule has 0 radical (unpaired) electrons. The first kappa shape index (κ1) is 16.4. The van der Waals surface area contributed by atoms with Crippen molar-refractivity contribution in [2.24, 2.45) is 0 Å². The Kier molecular flexibility index (Phi) is 4.23. The summed E-state index contributed by atoms with van der Waals surface area (Å²) < 4.78 is 26.8. The van der Waals surface area contributed by atoms with Gasteiger partial charge in [-0.15, -0.1) is 5.10 Å². The lowest BCUT2D eigenvalue weighted by atomic mass is 10.0. The fourth-order valence-electron chi connectivity index (χ4n) is 2.78. The van der Waals surface area contributed by atoms with Crippen LogP contribution in [0.3, 0.4) is 0 Å². The molecule has 0 N–H and O–H groups in total. The summed E-state index contributed by atoms with van der Waals surface area (Å²) in [7, 11) is -2.35. The molecule has 0 fully saturated rings. The van der Waals surface area contributed by atoms with E-state index in [0.717, 1.165) is 22.7 Å². The van der Waals surface area contributed by atoms with Crippen molar-refractivity contribution in [2.75, 3.05) is 22.8 Å². The smallest absolute Gasteiger partial charge is 0.265 e. The molecule has 0 unspecified atom stereocenters. The number of anilines is 2. The van der Waals surface area contributed by atoms with E-state index >= 15 is 0 Å². The Labute approximate surface area is 141 Å². The standard InChI is InChI=1S/C16H18N4O3S/c1-12(21)20-10-4-5-13-7-8-14(11-15(13)20)24(22,23)19(2)16-6-3-9-17-18-16/h3,6-9,11H,4-5,10H2,1-2H3. The second kappa shape index (κ2) is 6.20. The van der Waals surface area contributed by atoms with Gasteiger partial charge in [-0.25, -0.2) is 8.42 Å². The van der Waals surface area contributed by atoms with Crippen molar-refractivity contribution in [3.8, 4) is 0 Å². The van der Waals surface area contributed by atoms with Crippen LogP contribution in [0.5, 0.6) is 0 Å². The largest absolute Gasteiger partial charge is 0.312 e. The van der Waals surface area contributed by atoms with E-state index in [-0.39, 0.29) is 16.6 Å². The van der Waals surface area contributed by atoms with Crippen LogP contribution in [0.1, 0.15) is 18.9 Å². The van der Waals surface area contributed by atoms with Crippen molar-refractivity contribution in [1.82, 2.24) is 10.2 Å². The van der Waals surface area contributed by atoms with Crippen LogP contribution in [-0.4, -0.2) is 38.1 Å². The Hall–Kier alpha value is -2.48. The van der Waals surface area contributed by atoms with Crippen molar-refractivity contribution in [3.63, 3.8) is 0 Å². The molecule has 1 aromatic heterocycles. The van der Waals surface area contributed by atoms with E-state index in [2.05, 4.69) is 10.2 Å². The number of rotatable bonds is 3. The number of sulfonamides is 1. The van der Waals surface area contributed by atoms with Gasteiger partial charge in [0.25, 0.3) is 10.0 Å². The molecule has 126 valence electrons. The Morgan fingerprint density at radius 2 is 2.08 bits per heavy atom. The topological polar surface area (TPSA) is 83.5 Å². The minimum Gasteiger partial charge on any atom is -0.312 e. The summed E-state index contributed by atoms with van der Waals surface area (Å²) in [5.41, 5.74) is 1.65. The number of benzene rings is 1. The molecule has 7 nitrogen and oxygen atoms in total. The number of fused-ring (bicyclic) bond motifs is 1. The lowest BCUT2D eigenvalue weighted by molar-refractivity contribution is -0.116. The van der Waals surface area contributed by atoms with Gasteiger partial charge in [-0.1, -0.05) is 6.07 Å². The molecule has 3 rings (SSSR count). The molecule has 2 heterocycles. The molecule has 0 spiro atoms. The molecule has 24 heavy (non-hydrogen) atoms. The Bertz CT molecular complexity index is 868. The molecule has 0 atom stereocenters. The monoisotopic (exact) mass is 346 g/mol. The van der Waals surface area contributed by atoms with Crippen LogP contribution in [-0.2, 0) is 21.2 Å². The maximum atomic E-state index is 12.8. The highest BCUT2D eigenvalue weighted by molar-refractivity contribution is 7.92. The lowest BCUT2D eigenvalue weighted by Crippen LogP contribution is -2.34. The number of carbonyl (C=O) groups excluding carboxylic acids is 1. The van der Waals surface area contributed by atoms with Gasteiger partial charge in [-0.2, -0.15) is 5.10 Å². The zero-order valence-corrected chi connectivity index (χ0v) is 14.3. The predicted octanol–water partition coefficient (Wildman–Crippen LogP) is 1.60. The Balaban J connectivity index is 2.03. The van der Waals surface area contributed by atoms with Crippen LogP contribution in [0.2, 0.25) is 0 Å². The van der Waals surface area contributed by atoms with Crippen LogP contribution >= 0.6 is 0 Å². The molecule has 0 aliphatic carbocycles. The van der Waals surface area contributed by atoms with Gasteiger partial charge in [0.1, 0.15) is 0 Å². The van der Waals surface area contributed by atoms with Crippen LogP contribution in [0.4, 0.5) is 11.5 Å². The van der Waals surface area contributed by atoms with Crippen molar-refractivity contribution in [1.29, 1.82) is 0 Å². The highest BCUT2D eigenvalue weighted by Crippen LogP contribution is 2.31. The summed E-state index contributed by atoms with van der Waals surface area (Å²) >= 11 is 0. The molecule has 0 saturated heterocycles. The lowest BCUT2D eigenvalue weighted by Gasteiger charge is -2.29. The number of aromatic nitrogens is 2. The summed E-state index contributed by atoms with van der Waals surface area (Å²) in [5.74, 6) is 0.145. The molecular weight excluding hydrogens is 328 g/mol. The molecule has 0 saturated carbocycles. The number of hydrogen-bond donors (Lipinski definition) is 0. The van der Waals surface area contributed by atoms with E-state index in [1.165, 1.54) is 20.2 Å². The average Bonchev–Trinajstić information content (AvgIpc) is 2.60. The average molecular weight is 346 g/mol. The molecule has 1 aromatic carbocycles. The van der Waals surface area contributed by atoms with Gasteiger partial charge in [-0.05, 0) is 42.7 Å². The molecule has 1 aliphatic rings. The third kappa shape index (κ3) is 2.84. The Morgan fingerprint density at radius 1 is 1.29 bits per heavy atom. The number of carbonyl (C=O) groups is 1. The third-order valence-electron chi connectivity index (χ3n) is 4.09. The maximum Gasteiger partial charge on any atom is 0.265 e. The Morgan fingerprint density at radius 3 is 2.75 bits per heavy atom. The zero-order chi connectivity index (χ0) is 17.3. The van der Waals surface area contributed by atoms with Crippen molar-refractivity contribution >= 4 is 27.4 Å². The predicted molar refractivity (Wildman–Crippen MR) is 90.4 cm³/mol. The fraction of sp³-hybridized carbons (Fsp3) is 0.312. The number of nitrogens with zero attached hydrogens (tertiary/aromatic N) is 4. The first-order valence-electron chi connectivity index (χ1n) is 7.59. The van der Waals surface area contributed by atoms with Crippen molar-refractivity contribution in [2.45, 2.75) is 24.7 Å². The first-order chi connectivity index (χ1) is 11.4. The van der Waals surface area contributed by atoms with E-state index in [1.54, 1.807) is 35.2 Å². The van der Waals surface area contributed by atoms with E-state index in [1.807, 2.05) is 0 Å². The number of amides is 1. The van der Waals surface area contributed by atoms with Gasteiger partial charge in [0.2, 0.25) is 5.91 Å². The van der Waals surface area contributed by atoms with Gasteiger partial charge in [-0.3, -0.25) is 9.10 Å². The quantitative estimate of drug-likeness (QED) is 0.843. The number of aryl methyl sites for hydroxylation is 1. The van der Waals surface area contributed by atoms with E-state index < -0.39 is 10.0 Å². The van der Waals surface area contributed by atoms with Crippen LogP contribution in [0.25, 0.3) is 0 Å². The van der Waals surface area contributed by atoms with E-state index in [0.29, 0.717) is 12.2 Å². The first-order valence-corrected chi connectivity index (χ1v) is 9.03. The summed E-state index contributed by atoms with van der Waals surface area (Å²) in [6.07, 6.45) is 3.19. The molecule has 1 aliphatic heterocycles. The second-order valence-corrected chi connectivity index (χ2v) is 7.59. The zero-order valence-electron chi connectivity index (χ0n) is 13.5. The van der Waals surface area contributed by atoms with Crippen LogP contribution < -0.4 is 9.21 Å². The summed E-state index contributed by atoms with van der Waals surface area (Å²) in [6.45, 7) is 2.09. The van der Waals surface area contributed by atoms with Crippen molar-refractivity contribution in [3.05, 3.63) is 42.1 Å². The van der Waals surface area contributed by atoms with Gasteiger partial charge in [0.15, 0.2) is 5.82 Å². The van der Waals surface area contributed by atoms with E-state index in [9.17, 15) is 13.2 Å². The third-order valence-corrected chi connectivity index (χ3v) is 5.85. The summed E-state index contributed by atoms with van der Waals surface area (Å²) in [4.78, 5) is 13.6. The normalized spacial score (nSPS) is 14.2. The van der Waals surface area contributed by atoms with Crippen LogP contribution in [0, 0.1) is 0 Å². The highest BCUT2D eigenvalue weighted by Gasteiger charge is 2.26. The number of hydrogen-bond acceptors (Lipinski definition) is 5. The van der Waals surface area contributed by atoms with Crippen molar-refractivity contribution < 1.29 is 13.2 Å². The molecule has 1 amide bonds. The summed E-state index contributed by atoms with van der Waals surface area (Å²) in [5, 5.41) is 7.54. The minimum absolute atomic E-state index is 0.0900. The highest BCUT2D eigenvalue weighted by atomic mass is 32.2. The molecule has 2 aromatic rings. The maximum absolute atomic E-state index is 12.8. The van der Waals surface area contributed by atoms with Gasteiger partial charge < -0.3 is 4.90 Å². The van der Waals surface area contributed by atoms with Crippen LogP contribution in [0.15, 0.2) is 41.4 Å². The summed E-state index contributed by atoms with van der Waals surface area (Å²) in [6, 6.07) is 8.12. The van der Waals surface area contributed by atoms with Gasteiger partial charge >= 0.3 is 0 Å². The molecule has 8 heteroatoms. The second-order valence-electron chi connectivity index (χ2n) is 5.62. The van der Waals surface area contributed by atoms with Gasteiger partial charge in [0, 0.05) is 32.4 Å². The molecule has 0 bridgehead atoms. The molecular formula is C16H18N4O3S. The SMILES string of the molecule is CC(=O)N1CCCc2ccc(S(=O)(=O)N(C)c3cccnn3)cc21.